The molecule has 2 aromatic heterocycles. The SMILES string of the molecule is COCOc1cc2oc(=O)c3c(c(-c4ccc(O[Si](c5ccccc5)(c5ccccc5)C(C)(C)C)c(OC)c4)c4n3CCc3cc(OCc5ccccc5)c(OC)cc3-4)c2cc1OC. The van der Waals surface area contributed by atoms with Gasteiger partial charge in [-0.1, -0.05) is 118 Å². The molecule has 0 saturated carbocycles. The van der Waals surface area contributed by atoms with Gasteiger partial charge in [-0.2, -0.15) is 0 Å². The first kappa shape index (κ1) is 42.4. The Hall–Kier alpha value is -6.95. The molecule has 8 aromatic rings. The van der Waals surface area contributed by atoms with Gasteiger partial charge in [0.1, 0.15) is 23.5 Å². The fraction of sp³-hybridized carbons (Fsp3) is 0.226. The predicted molar refractivity (Wildman–Crippen MR) is 254 cm³/mol. The average Bonchev–Trinajstić information content (AvgIpc) is 3.68. The summed E-state index contributed by atoms with van der Waals surface area (Å²) < 4.78 is 51.4. The molecule has 0 radical (unpaired) electrons. The molecule has 0 saturated heterocycles. The van der Waals surface area contributed by atoms with E-state index < -0.39 is 13.9 Å². The topological polar surface area (TPSA) is 99.8 Å². The molecule has 3 heterocycles. The van der Waals surface area contributed by atoms with Crippen molar-refractivity contribution in [3.8, 4) is 56.9 Å². The lowest BCUT2D eigenvalue weighted by atomic mass is 9.91. The molecule has 11 heteroatoms. The van der Waals surface area contributed by atoms with Crippen molar-refractivity contribution in [2.24, 2.45) is 0 Å². The van der Waals surface area contributed by atoms with Gasteiger partial charge in [0, 0.05) is 41.6 Å². The quantitative estimate of drug-likeness (QED) is 0.0601. The van der Waals surface area contributed by atoms with Crippen LogP contribution in [0.4, 0.5) is 0 Å². The fourth-order valence-corrected chi connectivity index (χ4v) is 13.7. The molecule has 64 heavy (non-hydrogen) atoms. The molecule has 1 aliphatic rings. The van der Waals surface area contributed by atoms with Crippen LogP contribution < -0.4 is 44.1 Å². The maximum Gasteiger partial charge on any atom is 0.361 e. The molecule has 0 spiro atoms. The molecule has 6 aromatic carbocycles. The third-order valence-corrected chi connectivity index (χ3v) is 17.1. The molecule has 0 fully saturated rings. The van der Waals surface area contributed by atoms with Crippen molar-refractivity contribution in [3.63, 3.8) is 0 Å². The molecule has 0 N–H and O–H groups in total. The minimum absolute atomic E-state index is 0.0160. The molecular formula is C53H51NO9Si. The summed E-state index contributed by atoms with van der Waals surface area (Å²) in [5, 5.41) is 3.38. The highest BCUT2D eigenvalue weighted by molar-refractivity contribution is 7.00. The smallest absolute Gasteiger partial charge is 0.361 e. The summed E-state index contributed by atoms with van der Waals surface area (Å²) in [7, 11) is 3.38. The van der Waals surface area contributed by atoms with E-state index in [1.165, 1.54) is 0 Å². The lowest BCUT2D eigenvalue weighted by Gasteiger charge is -2.43. The van der Waals surface area contributed by atoms with Crippen molar-refractivity contribution in [2.75, 3.05) is 35.2 Å². The molecule has 0 bridgehead atoms. The van der Waals surface area contributed by atoms with Gasteiger partial charge in [0.05, 0.1) is 27.0 Å². The minimum atomic E-state index is -3.05. The molecule has 0 atom stereocenters. The maximum absolute atomic E-state index is 14.4. The van der Waals surface area contributed by atoms with Crippen LogP contribution in [0.15, 0.2) is 143 Å². The number of rotatable bonds is 14. The van der Waals surface area contributed by atoms with Crippen LogP contribution in [0, 0.1) is 0 Å². The minimum Gasteiger partial charge on any atom is -0.531 e. The zero-order valence-corrected chi connectivity index (χ0v) is 38.2. The third kappa shape index (κ3) is 7.34. The van der Waals surface area contributed by atoms with Gasteiger partial charge >= 0.3 is 13.9 Å². The number of hydrogen-bond donors (Lipinski definition) is 0. The van der Waals surface area contributed by atoms with E-state index in [4.69, 9.17) is 37.3 Å². The van der Waals surface area contributed by atoms with Gasteiger partial charge in [-0.05, 0) is 68.9 Å². The highest BCUT2D eigenvalue weighted by Gasteiger charge is 2.52. The highest BCUT2D eigenvalue weighted by atomic mass is 28.4. The van der Waals surface area contributed by atoms with E-state index in [-0.39, 0.29) is 11.8 Å². The Kier molecular flexibility index (Phi) is 11.5. The van der Waals surface area contributed by atoms with Gasteiger partial charge < -0.3 is 41.8 Å². The van der Waals surface area contributed by atoms with Crippen LogP contribution in [-0.4, -0.2) is 48.1 Å². The summed E-state index contributed by atoms with van der Waals surface area (Å²) in [4.78, 5) is 14.4. The summed E-state index contributed by atoms with van der Waals surface area (Å²) in [6.07, 6.45) is 0.635. The van der Waals surface area contributed by atoms with E-state index in [0.29, 0.717) is 75.9 Å². The summed E-state index contributed by atoms with van der Waals surface area (Å²) in [5.74, 6) is 3.23. The molecule has 10 nitrogen and oxygen atoms in total. The van der Waals surface area contributed by atoms with Crippen molar-refractivity contribution < 1.29 is 37.3 Å². The van der Waals surface area contributed by atoms with Gasteiger partial charge in [0.15, 0.2) is 35.5 Å². The fourth-order valence-electron chi connectivity index (χ4n) is 9.23. The number of fused-ring (bicyclic) bond motifs is 7. The van der Waals surface area contributed by atoms with Crippen LogP contribution in [0.5, 0.6) is 34.5 Å². The Morgan fingerprint density at radius 3 is 1.89 bits per heavy atom. The predicted octanol–water partition coefficient (Wildman–Crippen LogP) is 10.2. The number of aryl methyl sites for hydroxylation is 2. The van der Waals surface area contributed by atoms with Crippen molar-refractivity contribution in [3.05, 3.63) is 155 Å². The molecular weight excluding hydrogens is 823 g/mol. The molecule has 0 unspecified atom stereocenters. The first-order valence-electron chi connectivity index (χ1n) is 21.3. The van der Waals surface area contributed by atoms with Crippen molar-refractivity contribution in [1.82, 2.24) is 4.57 Å². The van der Waals surface area contributed by atoms with Crippen LogP contribution in [-0.2, 0) is 24.3 Å². The zero-order valence-electron chi connectivity index (χ0n) is 37.2. The number of benzene rings is 6. The summed E-state index contributed by atoms with van der Waals surface area (Å²) in [6.45, 7) is 7.63. The first-order chi connectivity index (χ1) is 31.1. The third-order valence-electron chi connectivity index (χ3n) is 12.1. The van der Waals surface area contributed by atoms with Crippen molar-refractivity contribution >= 4 is 40.6 Å². The van der Waals surface area contributed by atoms with Crippen LogP contribution in [0.1, 0.15) is 31.9 Å². The number of hydrogen-bond acceptors (Lipinski definition) is 9. The van der Waals surface area contributed by atoms with Crippen molar-refractivity contribution in [1.29, 1.82) is 0 Å². The lowest BCUT2D eigenvalue weighted by molar-refractivity contribution is 0.0492. The van der Waals surface area contributed by atoms with Crippen LogP contribution in [0.25, 0.3) is 44.3 Å². The molecule has 0 aliphatic carbocycles. The second-order valence-corrected chi connectivity index (χ2v) is 21.1. The van der Waals surface area contributed by atoms with E-state index in [1.807, 2.05) is 66.7 Å². The number of ether oxygens (including phenoxy) is 6. The summed E-state index contributed by atoms with van der Waals surface area (Å²) >= 11 is 0. The monoisotopic (exact) mass is 873 g/mol. The number of aromatic nitrogens is 1. The van der Waals surface area contributed by atoms with Gasteiger partial charge in [0.25, 0.3) is 0 Å². The normalized spacial score (nSPS) is 12.4. The Balaban J connectivity index is 1.29. The van der Waals surface area contributed by atoms with E-state index in [1.54, 1.807) is 34.5 Å². The molecule has 326 valence electrons. The van der Waals surface area contributed by atoms with E-state index in [2.05, 4.69) is 86.0 Å². The van der Waals surface area contributed by atoms with E-state index >= 15 is 0 Å². The van der Waals surface area contributed by atoms with Crippen molar-refractivity contribution in [2.45, 2.75) is 45.4 Å². The van der Waals surface area contributed by atoms with Gasteiger partial charge in [-0.3, -0.25) is 0 Å². The Labute approximate surface area is 373 Å². The van der Waals surface area contributed by atoms with Crippen LogP contribution >= 0.6 is 0 Å². The van der Waals surface area contributed by atoms with Crippen LogP contribution in [0.2, 0.25) is 5.04 Å². The zero-order chi connectivity index (χ0) is 44.6. The van der Waals surface area contributed by atoms with E-state index in [0.717, 1.165) is 43.9 Å². The molecule has 1 aliphatic heterocycles. The van der Waals surface area contributed by atoms with Gasteiger partial charge in [0.2, 0.25) is 0 Å². The largest absolute Gasteiger partial charge is 0.531 e. The van der Waals surface area contributed by atoms with Gasteiger partial charge in [-0.15, -0.1) is 0 Å². The summed E-state index contributed by atoms with van der Waals surface area (Å²) in [6, 6.07) is 44.8. The second kappa shape index (κ2) is 17.3. The lowest BCUT2D eigenvalue weighted by Crippen LogP contribution is -2.68. The second-order valence-electron chi connectivity index (χ2n) is 16.9. The Morgan fingerprint density at radius 2 is 1.27 bits per heavy atom. The highest BCUT2D eigenvalue weighted by Crippen LogP contribution is 2.51. The Bertz CT molecular complexity index is 2990. The van der Waals surface area contributed by atoms with E-state index in [9.17, 15) is 4.79 Å². The standard InChI is InChI=1S/C53H51NO9Si/c1-53(2,3)64(37-19-13-9-14-20-37,38-21-15-10-16-22-38)63-41-24-23-36(28-43(41)57-5)48-49-40-30-45(59-7)47(61-33-56-4)31-42(40)62-52(55)51(49)54-26-25-35-27-46(44(58-6)29-39(35)50(48)54)60-32-34-17-11-8-12-18-34/h8-24,27-31H,25-26,32-33H2,1-7H3. The molecule has 9 rings (SSSR count). The van der Waals surface area contributed by atoms with Gasteiger partial charge in [-0.25, -0.2) is 4.79 Å². The average molecular weight is 874 g/mol. The summed E-state index contributed by atoms with van der Waals surface area (Å²) in [5.41, 5.74) is 5.78. The maximum atomic E-state index is 14.4. The Morgan fingerprint density at radius 1 is 0.656 bits per heavy atom. The number of nitrogens with zero attached hydrogens (tertiary/aromatic N) is 1. The number of methoxy groups -OCH3 is 4. The first-order valence-corrected chi connectivity index (χ1v) is 23.2. The molecule has 0 amide bonds. The van der Waals surface area contributed by atoms with Crippen LogP contribution in [0.3, 0.4) is 0 Å².